The van der Waals surface area contributed by atoms with Crippen LogP contribution in [0, 0.1) is 25.2 Å². The summed E-state index contributed by atoms with van der Waals surface area (Å²) in [5, 5.41) is 12.3. The number of aliphatic imine (C=N–C) groups is 1. The molecule has 158 valence electrons. The number of anilines is 1. The minimum absolute atomic E-state index is 0.0379. The highest BCUT2D eigenvalue weighted by molar-refractivity contribution is 7.89. The van der Waals surface area contributed by atoms with Crippen LogP contribution in [-0.4, -0.2) is 36.1 Å². The average molecular weight is 437 g/mol. The molecule has 0 unspecified atom stereocenters. The fraction of sp³-hybridized carbons (Fsp3) is 0.190. The van der Waals surface area contributed by atoms with Crippen molar-refractivity contribution in [3.05, 3.63) is 65.2 Å². The van der Waals surface area contributed by atoms with Crippen molar-refractivity contribution in [2.24, 2.45) is 4.99 Å². The zero-order chi connectivity index (χ0) is 22.2. The summed E-state index contributed by atoms with van der Waals surface area (Å²) in [6, 6.07) is 12.0. The predicted molar refractivity (Wildman–Crippen MR) is 114 cm³/mol. The zero-order valence-corrected chi connectivity index (χ0v) is 17.7. The molecule has 4 rings (SSSR count). The van der Waals surface area contributed by atoms with E-state index >= 15 is 0 Å². The molecular formula is C21H19N5O4S. The maximum atomic E-state index is 12.8. The van der Waals surface area contributed by atoms with Crippen molar-refractivity contribution in [2.75, 3.05) is 11.9 Å². The number of fused-ring (bicyclic) bond motifs is 1. The third-order valence-corrected chi connectivity index (χ3v) is 6.91. The number of carbonyl (C=O) groups is 1. The Hall–Kier alpha value is -3.84. The number of sulfonamides is 1. The molecule has 0 saturated carbocycles. The summed E-state index contributed by atoms with van der Waals surface area (Å²) < 4.78 is 33.7. The molecule has 0 fully saturated rings. The Balaban J connectivity index is 1.61. The quantitative estimate of drug-likeness (QED) is 0.658. The van der Waals surface area contributed by atoms with Crippen LogP contribution in [0.2, 0.25) is 0 Å². The molecule has 31 heavy (non-hydrogen) atoms. The fourth-order valence-electron chi connectivity index (χ4n) is 3.42. The molecule has 0 atom stereocenters. The number of carbonyl (C=O) groups excluding carboxylic acids is 1. The molecule has 3 heterocycles. The van der Waals surface area contributed by atoms with Crippen LogP contribution in [-0.2, 0) is 21.4 Å². The molecule has 0 spiro atoms. The predicted octanol–water partition coefficient (Wildman–Crippen LogP) is 2.92. The monoisotopic (exact) mass is 437 g/mol. The fourth-order valence-corrected chi connectivity index (χ4v) is 4.77. The Kier molecular flexibility index (Phi) is 5.12. The maximum Gasteiger partial charge on any atom is 0.267 e. The molecule has 0 radical (unpaired) electrons. The van der Waals surface area contributed by atoms with Crippen LogP contribution in [0.5, 0.6) is 0 Å². The van der Waals surface area contributed by atoms with Gasteiger partial charge in [0.15, 0.2) is 0 Å². The Morgan fingerprint density at radius 1 is 1.23 bits per heavy atom. The molecule has 0 saturated heterocycles. The summed E-state index contributed by atoms with van der Waals surface area (Å²) in [5.41, 5.74) is 2.16. The number of nitrogens with zero attached hydrogens (tertiary/aromatic N) is 4. The minimum atomic E-state index is -3.90. The smallest absolute Gasteiger partial charge is 0.267 e. The molecule has 9 nitrogen and oxygen atoms in total. The number of para-hydroxylation sites is 1. The van der Waals surface area contributed by atoms with Gasteiger partial charge in [0.2, 0.25) is 5.91 Å². The third kappa shape index (κ3) is 3.60. The molecule has 1 aliphatic heterocycles. The number of furan rings is 1. The van der Waals surface area contributed by atoms with Gasteiger partial charge in [-0.25, -0.2) is 17.7 Å². The molecule has 1 aromatic carbocycles. The van der Waals surface area contributed by atoms with E-state index in [0.29, 0.717) is 29.4 Å². The summed E-state index contributed by atoms with van der Waals surface area (Å²) in [5.74, 6) is 0.357. The molecule has 1 aliphatic rings. The lowest BCUT2D eigenvalue weighted by Crippen LogP contribution is -2.38. The standard InChI is InChI=1S/C21H19N5O4S/c1-14-15(2)26(11-16-6-5-9-30-16)21(17(14)10-22)24-20(27)12-25-13-23-18-7-3-4-8-19(18)31(25,28)29/h3-9,13H,11-12H2,1-2H3,(H,24,27). The minimum Gasteiger partial charge on any atom is -0.467 e. The van der Waals surface area contributed by atoms with Gasteiger partial charge in [0.05, 0.1) is 24.1 Å². The Bertz CT molecular complexity index is 1330. The number of hydrogen-bond acceptors (Lipinski definition) is 6. The van der Waals surface area contributed by atoms with E-state index in [1.165, 1.54) is 6.07 Å². The summed E-state index contributed by atoms with van der Waals surface area (Å²) in [6.45, 7) is 3.47. The first-order valence-corrected chi connectivity index (χ1v) is 10.8. The number of nitrogens with one attached hydrogen (secondary N) is 1. The lowest BCUT2D eigenvalue weighted by atomic mass is 10.2. The Morgan fingerprint density at radius 2 is 2.00 bits per heavy atom. The van der Waals surface area contributed by atoms with Crippen molar-refractivity contribution in [1.29, 1.82) is 5.26 Å². The third-order valence-electron chi connectivity index (χ3n) is 5.17. The Morgan fingerprint density at radius 3 is 2.71 bits per heavy atom. The number of nitriles is 1. The number of hydrogen-bond donors (Lipinski definition) is 1. The van der Waals surface area contributed by atoms with Gasteiger partial charge in [0, 0.05) is 5.69 Å². The van der Waals surface area contributed by atoms with Crippen LogP contribution < -0.4 is 5.32 Å². The lowest BCUT2D eigenvalue weighted by Gasteiger charge is -2.23. The van der Waals surface area contributed by atoms with Gasteiger partial charge >= 0.3 is 0 Å². The molecule has 0 bridgehead atoms. The van der Waals surface area contributed by atoms with E-state index in [2.05, 4.69) is 16.4 Å². The SMILES string of the molecule is Cc1c(C#N)c(NC(=O)CN2C=Nc3ccccc3S2(=O)=O)n(Cc2ccco2)c1C. The summed E-state index contributed by atoms with van der Waals surface area (Å²) in [4.78, 5) is 17.0. The second kappa shape index (κ2) is 7.77. The lowest BCUT2D eigenvalue weighted by molar-refractivity contribution is -0.116. The molecule has 10 heteroatoms. The number of aromatic nitrogens is 1. The van der Waals surface area contributed by atoms with E-state index in [4.69, 9.17) is 4.42 Å². The largest absolute Gasteiger partial charge is 0.467 e. The van der Waals surface area contributed by atoms with Crippen molar-refractivity contribution in [2.45, 2.75) is 25.3 Å². The second-order valence-electron chi connectivity index (χ2n) is 7.02. The number of amides is 1. The van der Waals surface area contributed by atoms with E-state index in [0.717, 1.165) is 21.9 Å². The molecule has 1 amide bonds. The zero-order valence-electron chi connectivity index (χ0n) is 16.9. The molecule has 2 aromatic heterocycles. The maximum absolute atomic E-state index is 12.8. The van der Waals surface area contributed by atoms with E-state index in [1.54, 1.807) is 48.1 Å². The van der Waals surface area contributed by atoms with E-state index in [9.17, 15) is 18.5 Å². The first kappa shape index (κ1) is 20.4. The summed E-state index contributed by atoms with van der Waals surface area (Å²) in [6.07, 6.45) is 2.67. The van der Waals surface area contributed by atoms with Crippen LogP contribution in [0.25, 0.3) is 0 Å². The van der Waals surface area contributed by atoms with Gasteiger partial charge in [-0.2, -0.15) is 5.26 Å². The summed E-state index contributed by atoms with van der Waals surface area (Å²) >= 11 is 0. The van der Waals surface area contributed by atoms with Gasteiger partial charge < -0.3 is 14.3 Å². The van der Waals surface area contributed by atoms with Crippen LogP contribution in [0.3, 0.4) is 0 Å². The van der Waals surface area contributed by atoms with Crippen molar-refractivity contribution >= 4 is 33.8 Å². The second-order valence-corrected chi connectivity index (χ2v) is 8.88. The van der Waals surface area contributed by atoms with Crippen LogP contribution >= 0.6 is 0 Å². The van der Waals surface area contributed by atoms with Crippen LogP contribution in [0.1, 0.15) is 22.6 Å². The molecule has 0 aliphatic carbocycles. The normalized spacial score (nSPS) is 14.2. The molecule has 3 aromatic rings. The van der Waals surface area contributed by atoms with E-state index in [1.807, 2.05) is 6.92 Å². The number of benzene rings is 1. The van der Waals surface area contributed by atoms with Gasteiger partial charge in [0.1, 0.15) is 35.4 Å². The van der Waals surface area contributed by atoms with Crippen molar-refractivity contribution in [3.8, 4) is 6.07 Å². The first-order chi connectivity index (χ1) is 14.8. The van der Waals surface area contributed by atoms with Crippen molar-refractivity contribution in [3.63, 3.8) is 0 Å². The van der Waals surface area contributed by atoms with Gasteiger partial charge in [-0.1, -0.05) is 12.1 Å². The van der Waals surface area contributed by atoms with Gasteiger partial charge in [-0.3, -0.25) is 4.79 Å². The highest BCUT2D eigenvalue weighted by Gasteiger charge is 2.30. The topological polar surface area (TPSA) is 121 Å². The number of rotatable bonds is 5. The average Bonchev–Trinajstić information content (AvgIpc) is 3.33. The first-order valence-electron chi connectivity index (χ1n) is 9.40. The van der Waals surface area contributed by atoms with Gasteiger partial charge in [-0.05, 0) is 43.7 Å². The van der Waals surface area contributed by atoms with Gasteiger partial charge in [-0.15, -0.1) is 0 Å². The van der Waals surface area contributed by atoms with Crippen molar-refractivity contribution in [1.82, 2.24) is 8.87 Å². The van der Waals surface area contributed by atoms with Crippen molar-refractivity contribution < 1.29 is 17.6 Å². The van der Waals surface area contributed by atoms with Crippen LogP contribution in [0.4, 0.5) is 11.5 Å². The van der Waals surface area contributed by atoms with E-state index < -0.39 is 22.5 Å². The highest BCUT2D eigenvalue weighted by atomic mass is 32.2. The van der Waals surface area contributed by atoms with E-state index in [-0.39, 0.29) is 4.90 Å². The highest BCUT2D eigenvalue weighted by Crippen LogP contribution is 2.30. The Labute approximate surface area is 179 Å². The van der Waals surface area contributed by atoms with Crippen LogP contribution in [0.15, 0.2) is 57.0 Å². The molecule has 1 N–H and O–H groups in total. The van der Waals surface area contributed by atoms with Gasteiger partial charge in [0.25, 0.3) is 10.0 Å². The molecular weight excluding hydrogens is 418 g/mol. The summed E-state index contributed by atoms with van der Waals surface area (Å²) in [7, 11) is -3.90.